The number of thiophene rings is 1. The van der Waals surface area contributed by atoms with Crippen molar-refractivity contribution in [3.63, 3.8) is 0 Å². The average molecular weight is 345 g/mol. The summed E-state index contributed by atoms with van der Waals surface area (Å²) in [6, 6.07) is 4.02. The number of imidazole rings is 1. The van der Waals surface area contributed by atoms with E-state index in [-0.39, 0.29) is 5.91 Å². The Bertz CT molecular complexity index is 678. The van der Waals surface area contributed by atoms with E-state index >= 15 is 0 Å². The van der Waals surface area contributed by atoms with Crippen LogP contribution in [0.5, 0.6) is 0 Å². The van der Waals surface area contributed by atoms with E-state index in [1.807, 2.05) is 34.8 Å². The van der Waals surface area contributed by atoms with E-state index in [2.05, 4.69) is 9.55 Å². The summed E-state index contributed by atoms with van der Waals surface area (Å²) in [5.41, 5.74) is 0. The van der Waals surface area contributed by atoms with Crippen LogP contribution >= 0.6 is 11.3 Å². The van der Waals surface area contributed by atoms with Gasteiger partial charge in [-0.1, -0.05) is 6.07 Å². The number of hydrogen-bond donors (Lipinski definition) is 0. The molecule has 24 heavy (non-hydrogen) atoms. The van der Waals surface area contributed by atoms with Crippen LogP contribution in [0.4, 0.5) is 0 Å². The molecule has 2 aromatic rings. The first-order chi connectivity index (χ1) is 11.8. The van der Waals surface area contributed by atoms with Crippen LogP contribution in [0, 0.1) is 11.8 Å². The lowest BCUT2D eigenvalue weighted by molar-refractivity contribution is -0.131. The first-order valence-corrected chi connectivity index (χ1v) is 9.54. The highest BCUT2D eigenvalue weighted by Gasteiger charge is 2.27. The standard InChI is InChI=1S/C18H23N3O2S/c22-18(8-16-2-1-7-24-16)21-10-15(13-23-12-14-3-4-14)9-20-6-5-19-17(20)11-21/h1-2,5-7,14-15H,3-4,8-13H2/t15-/m0/s1. The molecule has 128 valence electrons. The van der Waals surface area contributed by atoms with Crippen molar-refractivity contribution in [3.05, 3.63) is 40.6 Å². The minimum absolute atomic E-state index is 0.182. The van der Waals surface area contributed by atoms with Gasteiger partial charge in [-0.2, -0.15) is 0 Å². The van der Waals surface area contributed by atoms with Gasteiger partial charge in [-0.3, -0.25) is 4.79 Å². The number of amides is 1. The van der Waals surface area contributed by atoms with Crippen LogP contribution in [0.2, 0.25) is 0 Å². The molecule has 0 N–H and O–H groups in total. The predicted molar refractivity (Wildman–Crippen MR) is 92.7 cm³/mol. The second-order valence-electron chi connectivity index (χ2n) is 6.87. The summed E-state index contributed by atoms with van der Waals surface area (Å²) in [5, 5.41) is 2.02. The maximum Gasteiger partial charge on any atom is 0.228 e. The summed E-state index contributed by atoms with van der Waals surface area (Å²) < 4.78 is 8.08. The second-order valence-corrected chi connectivity index (χ2v) is 7.91. The van der Waals surface area contributed by atoms with E-state index in [0.29, 0.717) is 18.9 Å². The molecule has 0 bridgehead atoms. The van der Waals surface area contributed by atoms with Crippen molar-refractivity contribution in [1.29, 1.82) is 0 Å². The molecule has 0 radical (unpaired) electrons. The molecule has 5 nitrogen and oxygen atoms in total. The summed E-state index contributed by atoms with van der Waals surface area (Å²) in [5.74, 6) is 2.25. The summed E-state index contributed by atoms with van der Waals surface area (Å²) in [6.07, 6.45) is 6.93. The van der Waals surface area contributed by atoms with E-state index in [0.717, 1.165) is 42.9 Å². The molecule has 0 spiro atoms. The van der Waals surface area contributed by atoms with Gasteiger partial charge < -0.3 is 14.2 Å². The number of rotatable bonds is 6. The van der Waals surface area contributed by atoms with Gasteiger partial charge in [0.25, 0.3) is 0 Å². The van der Waals surface area contributed by atoms with Crippen molar-refractivity contribution >= 4 is 17.2 Å². The summed E-state index contributed by atoms with van der Waals surface area (Å²) in [7, 11) is 0. The largest absolute Gasteiger partial charge is 0.381 e. The highest BCUT2D eigenvalue weighted by Crippen LogP contribution is 2.29. The number of fused-ring (bicyclic) bond motifs is 1. The number of carbonyl (C=O) groups is 1. The number of hydrogen-bond acceptors (Lipinski definition) is 4. The van der Waals surface area contributed by atoms with E-state index in [4.69, 9.17) is 4.74 Å². The molecule has 1 atom stereocenters. The van der Waals surface area contributed by atoms with Gasteiger partial charge in [0.1, 0.15) is 5.82 Å². The van der Waals surface area contributed by atoms with Gasteiger partial charge in [-0.15, -0.1) is 11.3 Å². The molecule has 2 aromatic heterocycles. The fourth-order valence-corrected chi connectivity index (χ4v) is 3.89. The third kappa shape index (κ3) is 3.87. The normalized spacial score (nSPS) is 20.7. The molecule has 1 amide bonds. The molecule has 4 rings (SSSR count). The molecule has 2 aliphatic rings. The molecule has 3 heterocycles. The Morgan fingerprint density at radius 1 is 1.29 bits per heavy atom. The van der Waals surface area contributed by atoms with E-state index in [1.165, 1.54) is 12.8 Å². The lowest BCUT2D eigenvalue weighted by atomic mass is 10.1. The van der Waals surface area contributed by atoms with Crippen LogP contribution in [0.3, 0.4) is 0 Å². The maximum atomic E-state index is 12.7. The smallest absolute Gasteiger partial charge is 0.228 e. The van der Waals surface area contributed by atoms with Crippen LogP contribution in [0.1, 0.15) is 23.5 Å². The average Bonchev–Trinajstić information content (AvgIpc) is 3.13. The van der Waals surface area contributed by atoms with Crippen LogP contribution in [-0.2, 0) is 29.0 Å². The summed E-state index contributed by atoms with van der Waals surface area (Å²) in [4.78, 5) is 20.2. The molecule has 0 aromatic carbocycles. The zero-order chi connectivity index (χ0) is 16.4. The van der Waals surface area contributed by atoms with Crippen molar-refractivity contribution < 1.29 is 9.53 Å². The molecular formula is C18H23N3O2S. The van der Waals surface area contributed by atoms with E-state index in [1.54, 1.807) is 11.3 Å². The Morgan fingerprint density at radius 2 is 2.17 bits per heavy atom. The van der Waals surface area contributed by atoms with Gasteiger partial charge in [0.2, 0.25) is 5.91 Å². The Kier molecular flexibility index (Phi) is 4.67. The number of ether oxygens (including phenoxy) is 1. The lowest BCUT2D eigenvalue weighted by Crippen LogP contribution is -2.36. The first kappa shape index (κ1) is 15.8. The van der Waals surface area contributed by atoms with Crippen LogP contribution in [-0.4, -0.2) is 40.1 Å². The number of carbonyl (C=O) groups excluding carboxylic acids is 1. The van der Waals surface area contributed by atoms with Gasteiger partial charge in [0.15, 0.2) is 0 Å². The fourth-order valence-electron chi connectivity index (χ4n) is 3.20. The molecule has 0 saturated heterocycles. The van der Waals surface area contributed by atoms with Gasteiger partial charge in [-0.25, -0.2) is 4.98 Å². The molecule has 1 fully saturated rings. The first-order valence-electron chi connectivity index (χ1n) is 8.66. The minimum Gasteiger partial charge on any atom is -0.381 e. The topological polar surface area (TPSA) is 47.4 Å². The van der Waals surface area contributed by atoms with Gasteiger partial charge in [0, 0.05) is 42.9 Å². The predicted octanol–water partition coefficient (Wildman–Crippen LogP) is 2.57. The van der Waals surface area contributed by atoms with Crippen molar-refractivity contribution in [2.75, 3.05) is 19.8 Å². The maximum absolute atomic E-state index is 12.7. The van der Waals surface area contributed by atoms with Crippen molar-refractivity contribution in [3.8, 4) is 0 Å². The second kappa shape index (κ2) is 7.07. The van der Waals surface area contributed by atoms with Crippen molar-refractivity contribution in [1.82, 2.24) is 14.5 Å². The van der Waals surface area contributed by atoms with E-state index in [9.17, 15) is 4.79 Å². The Balaban J connectivity index is 1.42. The van der Waals surface area contributed by atoms with Crippen molar-refractivity contribution in [2.45, 2.75) is 32.4 Å². The quantitative estimate of drug-likeness (QED) is 0.808. The van der Waals surface area contributed by atoms with Crippen LogP contribution in [0.25, 0.3) is 0 Å². The fraction of sp³-hybridized carbons (Fsp3) is 0.556. The highest BCUT2D eigenvalue weighted by atomic mass is 32.1. The molecule has 1 aliphatic carbocycles. The third-order valence-electron chi connectivity index (χ3n) is 4.73. The van der Waals surface area contributed by atoms with Crippen molar-refractivity contribution in [2.24, 2.45) is 11.8 Å². The van der Waals surface area contributed by atoms with E-state index < -0.39 is 0 Å². The summed E-state index contributed by atoms with van der Waals surface area (Å²) >= 11 is 1.64. The zero-order valence-corrected chi connectivity index (χ0v) is 14.6. The summed E-state index contributed by atoms with van der Waals surface area (Å²) in [6.45, 7) is 3.81. The third-order valence-corrected chi connectivity index (χ3v) is 5.61. The molecule has 1 aliphatic heterocycles. The van der Waals surface area contributed by atoms with Gasteiger partial charge >= 0.3 is 0 Å². The van der Waals surface area contributed by atoms with Crippen LogP contribution < -0.4 is 0 Å². The molecule has 6 heteroatoms. The monoisotopic (exact) mass is 345 g/mol. The Labute approximate surface area is 146 Å². The Morgan fingerprint density at radius 3 is 2.96 bits per heavy atom. The van der Waals surface area contributed by atoms with Crippen LogP contribution in [0.15, 0.2) is 29.9 Å². The highest BCUT2D eigenvalue weighted by molar-refractivity contribution is 7.10. The van der Waals surface area contributed by atoms with Gasteiger partial charge in [-0.05, 0) is 30.2 Å². The number of aromatic nitrogens is 2. The zero-order valence-electron chi connectivity index (χ0n) is 13.8. The minimum atomic E-state index is 0.182. The SMILES string of the molecule is O=C(Cc1cccs1)N1Cc2nccn2C[C@H](COCC2CC2)C1. The van der Waals surface area contributed by atoms with Gasteiger partial charge in [0.05, 0.1) is 19.6 Å². The molecule has 0 unspecified atom stereocenters. The lowest BCUT2D eigenvalue weighted by Gasteiger charge is -2.24. The number of nitrogens with zero attached hydrogens (tertiary/aromatic N) is 3. The molecular weight excluding hydrogens is 322 g/mol. The Hall–Kier alpha value is -1.66. The molecule has 1 saturated carbocycles.